The predicted octanol–water partition coefficient (Wildman–Crippen LogP) is -3.08. The second-order valence-electron chi connectivity index (χ2n) is 1.10. The van der Waals surface area contributed by atoms with Crippen LogP contribution in [0.25, 0.3) is 0 Å². The summed E-state index contributed by atoms with van der Waals surface area (Å²) in [6, 6.07) is 0. The van der Waals surface area contributed by atoms with Gasteiger partial charge in [-0.05, 0) is 0 Å². The molecule has 1 heterocycles. The molecule has 0 bridgehead atoms. The van der Waals surface area contributed by atoms with E-state index in [1.165, 1.54) is 10.8 Å². The molecule has 0 amide bonds. The van der Waals surface area contributed by atoms with Crippen molar-refractivity contribution in [3.8, 4) is 0 Å². The van der Waals surface area contributed by atoms with E-state index in [9.17, 15) is 0 Å². The van der Waals surface area contributed by atoms with Crippen molar-refractivity contribution < 1.29 is 26.3 Å². The van der Waals surface area contributed by atoms with Gasteiger partial charge in [-0.25, -0.2) is 0 Å². The summed E-state index contributed by atoms with van der Waals surface area (Å²) in [4.78, 5) is 4.87. The molecule has 0 radical (unpaired) electrons. The van der Waals surface area contributed by atoms with Gasteiger partial charge in [-0.2, -0.15) is 0 Å². The van der Waals surface area contributed by atoms with Crippen LogP contribution in [0, 0.1) is 0 Å². The molecule has 0 aromatic carbocycles. The second kappa shape index (κ2) is 2.76. The maximum atomic E-state index is 4.87. The van der Waals surface area contributed by atoms with Crippen molar-refractivity contribution in [2.24, 2.45) is 0 Å². The molecular formula is C3H7INO-. The van der Waals surface area contributed by atoms with Crippen LogP contribution in [0.15, 0.2) is 0 Å². The predicted molar refractivity (Wildman–Crippen MR) is 18.6 cm³/mol. The fourth-order valence-electron chi connectivity index (χ4n) is 0.309. The van der Waals surface area contributed by atoms with Gasteiger partial charge in [0, 0.05) is 0 Å². The fraction of sp³-hybridized carbons (Fsp3) is 1.00. The van der Waals surface area contributed by atoms with Gasteiger partial charge in [0.1, 0.15) is 0 Å². The molecule has 38 valence electrons. The summed E-state index contributed by atoms with van der Waals surface area (Å²) in [5.74, 6) is 0. The van der Waals surface area contributed by atoms with Crippen LogP contribution in [0.5, 0.6) is 0 Å². The van der Waals surface area contributed by atoms with E-state index in [1.807, 2.05) is 0 Å². The fourth-order valence-corrected chi connectivity index (χ4v) is 1.66. The molecular weight excluding hydrogens is 193 g/mol. The Morgan fingerprint density at radius 2 is 2.67 bits per heavy atom. The quantitative estimate of drug-likeness (QED) is 0.254. The summed E-state index contributed by atoms with van der Waals surface area (Å²) in [7, 11) is 0. The van der Waals surface area contributed by atoms with Crippen molar-refractivity contribution in [3.63, 3.8) is 0 Å². The summed E-state index contributed by atoms with van der Waals surface area (Å²) in [6.45, 7) is 0.916. The molecule has 6 heavy (non-hydrogen) atoms. The van der Waals surface area contributed by atoms with Crippen LogP contribution in [0.3, 0.4) is 0 Å². The van der Waals surface area contributed by atoms with E-state index in [2.05, 4.69) is 3.69 Å². The molecule has 1 N–H and O–H groups in total. The van der Waals surface area contributed by atoms with Gasteiger partial charge in [0.25, 0.3) is 0 Å². The minimum absolute atomic E-state index is 0.243. The van der Waals surface area contributed by atoms with Gasteiger partial charge in [0.2, 0.25) is 0 Å². The molecule has 0 aliphatic carbocycles. The van der Waals surface area contributed by atoms with Crippen LogP contribution in [-0.2, 0) is 4.84 Å². The summed E-state index contributed by atoms with van der Waals surface area (Å²) >= 11 is 0.243. The Morgan fingerprint density at radius 3 is 2.83 bits per heavy atom. The third-order valence-electron chi connectivity index (χ3n) is 0.584. The normalized spacial score (nSPS) is 25.3. The number of halogens is 1. The van der Waals surface area contributed by atoms with Gasteiger partial charge in [0.05, 0.1) is 0 Å². The van der Waals surface area contributed by atoms with Gasteiger partial charge in [-0.1, -0.05) is 0 Å². The van der Waals surface area contributed by atoms with Crippen LogP contribution in [0.2, 0.25) is 0 Å². The minimum atomic E-state index is 0.243. The van der Waals surface area contributed by atoms with Gasteiger partial charge < -0.3 is 0 Å². The first-order valence-corrected chi connectivity index (χ1v) is 4.55. The zero-order valence-corrected chi connectivity index (χ0v) is 5.57. The van der Waals surface area contributed by atoms with E-state index in [0.29, 0.717) is 0 Å². The number of rotatable bonds is 0. The summed E-state index contributed by atoms with van der Waals surface area (Å²) in [5, 5.41) is 0. The van der Waals surface area contributed by atoms with Crippen LogP contribution in [-0.4, -0.2) is 11.0 Å². The SMILES string of the molecule is C1CON[I-]C1. The monoisotopic (exact) mass is 200 g/mol. The van der Waals surface area contributed by atoms with Crippen molar-refractivity contribution in [3.05, 3.63) is 0 Å². The molecule has 0 spiro atoms. The Hall–Kier alpha value is 0.650. The van der Waals surface area contributed by atoms with Crippen LogP contribution < -0.4 is 25.2 Å². The van der Waals surface area contributed by atoms with Crippen molar-refractivity contribution >= 4 is 0 Å². The van der Waals surface area contributed by atoms with E-state index >= 15 is 0 Å². The van der Waals surface area contributed by atoms with Gasteiger partial charge in [-0.3, -0.25) is 0 Å². The topological polar surface area (TPSA) is 21.3 Å². The van der Waals surface area contributed by atoms with Crippen LogP contribution >= 0.6 is 0 Å². The van der Waals surface area contributed by atoms with E-state index in [-0.39, 0.29) is 21.5 Å². The first-order chi connectivity index (χ1) is 3.00. The van der Waals surface area contributed by atoms with Crippen molar-refractivity contribution in [1.82, 2.24) is 3.69 Å². The molecule has 1 aliphatic rings. The molecule has 1 saturated heterocycles. The molecule has 2 nitrogen and oxygen atoms in total. The average molecular weight is 200 g/mol. The summed E-state index contributed by atoms with van der Waals surface area (Å²) < 4.78 is 4.27. The van der Waals surface area contributed by atoms with Crippen molar-refractivity contribution in [2.75, 3.05) is 11.0 Å². The van der Waals surface area contributed by atoms with Gasteiger partial charge in [0.15, 0.2) is 0 Å². The first-order valence-electron chi connectivity index (χ1n) is 1.95. The standard InChI is InChI=1S/C3H7INO/c1-2-4-5-6-3-1/h5H,1-3H2/q-1. The Kier molecular flexibility index (Phi) is 2.21. The van der Waals surface area contributed by atoms with E-state index in [0.717, 1.165) is 6.61 Å². The number of hydrogen-bond donors (Lipinski definition) is 1. The molecule has 3 heteroatoms. The first kappa shape index (κ1) is 4.80. The van der Waals surface area contributed by atoms with E-state index in [1.54, 1.807) is 0 Å². The second-order valence-corrected chi connectivity index (χ2v) is 3.38. The Labute approximate surface area is 47.8 Å². The van der Waals surface area contributed by atoms with Crippen LogP contribution in [0.4, 0.5) is 0 Å². The molecule has 0 atom stereocenters. The molecule has 0 saturated carbocycles. The third kappa shape index (κ3) is 1.40. The van der Waals surface area contributed by atoms with E-state index < -0.39 is 0 Å². The number of nitrogens with one attached hydrogen (secondary N) is 1. The summed E-state index contributed by atoms with van der Waals surface area (Å²) in [6.07, 6.45) is 1.26. The Morgan fingerprint density at radius 1 is 1.67 bits per heavy atom. The maximum absolute atomic E-state index is 4.87. The Balaban J connectivity index is 2.00. The zero-order chi connectivity index (χ0) is 4.24. The Bertz CT molecular complexity index is 26.3. The van der Waals surface area contributed by atoms with Gasteiger partial charge in [-0.15, -0.1) is 0 Å². The van der Waals surface area contributed by atoms with Crippen molar-refractivity contribution in [1.29, 1.82) is 0 Å². The average Bonchev–Trinajstić information content (AvgIpc) is 1.72. The van der Waals surface area contributed by atoms with Crippen molar-refractivity contribution in [2.45, 2.75) is 6.42 Å². The molecule has 0 aromatic rings. The molecule has 1 fully saturated rings. The molecule has 1 aliphatic heterocycles. The van der Waals surface area contributed by atoms with Crippen LogP contribution in [0.1, 0.15) is 6.42 Å². The molecule has 0 aromatic heterocycles. The molecule has 0 unspecified atom stereocenters. The number of hydrogen-bond acceptors (Lipinski definition) is 2. The zero-order valence-electron chi connectivity index (χ0n) is 3.41. The summed E-state index contributed by atoms with van der Waals surface area (Å²) in [5.41, 5.74) is 0. The van der Waals surface area contributed by atoms with E-state index in [4.69, 9.17) is 4.84 Å². The third-order valence-corrected chi connectivity index (χ3v) is 2.51. The van der Waals surface area contributed by atoms with Gasteiger partial charge >= 0.3 is 47.5 Å². The number of alkyl halides is 1. The molecule has 1 rings (SSSR count).